The van der Waals surface area contributed by atoms with E-state index in [9.17, 15) is 17.6 Å². The minimum absolute atomic E-state index is 0.0198. The summed E-state index contributed by atoms with van der Waals surface area (Å²) in [5.41, 5.74) is 1.13. The zero-order chi connectivity index (χ0) is 17.9. The smallest absolute Gasteiger partial charge is 0.337 e. The molecule has 0 radical (unpaired) electrons. The first-order valence-electron chi connectivity index (χ1n) is 7.21. The van der Waals surface area contributed by atoms with Gasteiger partial charge in [-0.1, -0.05) is 18.2 Å². The van der Waals surface area contributed by atoms with E-state index in [1.165, 1.54) is 43.5 Å². The standard InChI is InChI=1S/C17H18FNO4S/c1-11-7-8-14(17(20)23-3)10-16(11)24(21,22)19-12(2)13-5-4-6-15(18)9-13/h4-10,12,19H,1-3H3. The van der Waals surface area contributed by atoms with Gasteiger partial charge in [0.1, 0.15) is 5.82 Å². The SMILES string of the molecule is COC(=O)c1ccc(C)c(S(=O)(=O)NC(C)c2cccc(F)c2)c1. The first-order chi connectivity index (χ1) is 11.2. The molecule has 0 heterocycles. The van der Waals surface area contributed by atoms with Crippen LogP contribution < -0.4 is 4.72 Å². The molecule has 0 amide bonds. The molecular weight excluding hydrogens is 333 g/mol. The summed E-state index contributed by atoms with van der Waals surface area (Å²) in [5.74, 6) is -1.06. The Morgan fingerprint density at radius 1 is 1.21 bits per heavy atom. The van der Waals surface area contributed by atoms with Gasteiger partial charge in [-0.15, -0.1) is 0 Å². The summed E-state index contributed by atoms with van der Waals surface area (Å²) in [5, 5.41) is 0. The number of halogens is 1. The van der Waals surface area contributed by atoms with E-state index in [0.717, 1.165) is 0 Å². The molecule has 0 aliphatic rings. The summed E-state index contributed by atoms with van der Waals surface area (Å²) in [4.78, 5) is 11.6. The third-order valence-corrected chi connectivity index (χ3v) is 5.26. The van der Waals surface area contributed by atoms with Crippen LogP contribution in [0.15, 0.2) is 47.4 Å². The van der Waals surface area contributed by atoms with Crippen LogP contribution >= 0.6 is 0 Å². The highest BCUT2D eigenvalue weighted by molar-refractivity contribution is 7.89. The van der Waals surface area contributed by atoms with E-state index < -0.39 is 27.9 Å². The van der Waals surface area contributed by atoms with Gasteiger partial charge in [0, 0.05) is 6.04 Å². The highest BCUT2D eigenvalue weighted by Gasteiger charge is 2.22. The van der Waals surface area contributed by atoms with Crippen molar-refractivity contribution in [1.29, 1.82) is 0 Å². The molecule has 2 aromatic rings. The van der Waals surface area contributed by atoms with Crippen LogP contribution in [0.4, 0.5) is 4.39 Å². The minimum atomic E-state index is -3.90. The van der Waals surface area contributed by atoms with E-state index in [4.69, 9.17) is 0 Å². The number of aryl methyl sites for hydroxylation is 1. The first-order valence-corrected chi connectivity index (χ1v) is 8.69. The zero-order valence-corrected chi connectivity index (χ0v) is 14.4. The Hall–Kier alpha value is -2.25. The number of nitrogens with one attached hydrogen (secondary N) is 1. The van der Waals surface area contributed by atoms with Crippen molar-refractivity contribution in [2.45, 2.75) is 24.8 Å². The largest absolute Gasteiger partial charge is 0.465 e. The average molecular weight is 351 g/mol. The topological polar surface area (TPSA) is 72.5 Å². The van der Waals surface area contributed by atoms with Gasteiger partial charge < -0.3 is 4.74 Å². The van der Waals surface area contributed by atoms with Gasteiger partial charge in [0.2, 0.25) is 10.0 Å². The lowest BCUT2D eigenvalue weighted by atomic mass is 10.1. The van der Waals surface area contributed by atoms with E-state index in [2.05, 4.69) is 9.46 Å². The Morgan fingerprint density at radius 2 is 1.92 bits per heavy atom. The molecule has 1 N–H and O–H groups in total. The van der Waals surface area contributed by atoms with Gasteiger partial charge in [0.15, 0.2) is 0 Å². The van der Waals surface area contributed by atoms with Crippen LogP contribution in [-0.4, -0.2) is 21.5 Å². The molecule has 0 bridgehead atoms. The fourth-order valence-corrected chi connectivity index (χ4v) is 3.78. The van der Waals surface area contributed by atoms with E-state index in [-0.39, 0.29) is 10.5 Å². The van der Waals surface area contributed by atoms with Crippen LogP contribution in [0, 0.1) is 12.7 Å². The zero-order valence-electron chi connectivity index (χ0n) is 13.5. The third-order valence-electron chi connectivity index (χ3n) is 3.58. The van der Waals surface area contributed by atoms with Gasteiger partial charge in [-0.05, 0) is 49.2 Å². The van der Waals surface area contributed by atoms with Crippen LogP contribution in [0.5, 0.6) is 0 Å². The number of esters is 1. The number of rotatable bonds is 5. The maximum atomic E-state index is 13.3. The number of hydrogen-bond acceptors (Lipinski definition) is 4. The van der Waals surface area contributed by atoms with Crippen molar-refractivity contribution in [2.24, 2.45) is 0 Å². The van der Waals surface area contributed by atoms with Crippen LogP contribution in [0.3, 0.4) is 0 Å². The molecule has 0 aromatic heterocycles. The molecule has 1 unspecified atom stereocenters. The molecule has 2 aromatic carbocycles. The monoisotopic (exact) mass is 351 g/mol. The molecule has 0 fully saturated rings. The summed E-state index contributed by atoms with van der Waals surface area (Å²) >= 11 is 0. The molecule has 0 spiro atoms. The number of hydrogen-bond donors (Lipinski definition) is 1. The second kappa shape index (κ2) is 7.11. The number of sulfonamides is 1. The first kappa shape index (κ1) is 18.1. The molecule has 0 aliphatic carbocycles. The summed E-state index contributed by atoms with van der Waals surface area (Å²) in [6, 6.07) is 9.37. The van der Waals surface area contributed by atoms with Crippen molar-refractivity contribution in [3.05, 3.63) is 65.0 Å². The number of carbonyl (C=O) groups excluding carboxylic acids is 1. The molecular formula is C17H18FNO4S. The average Bonchev–Trinajstić information content (AvgIpc) is 2.54. The molecule has 5 nitrogen and oxygen atoms in total. The molecule has 24 heavy (non-hydrogen) atoms. The van der Waals surface area contributed by atoms with Gasteiger partial charge in [-0.25, -0.2) is 22.3 Å². The maximum Gasteiger partial charge on any atom is 0.337 e. The molecule has 7 heteroatoms. The summed E-state index contributed by atoms with van der Waals surface area (Å²) < 4.78 is 45.7. The lowest BCUT2D eigenvalue weighted by molar-refractivity contribution is 0.0600. The fraction of sp³-hybridized carbons (Fsp3) is 0.235. The maximum absolute atomic E-state index is 13.3. The lowest BCUT2D eigenvalue weighted by Crippen LogP contribution is -2.27. The normalized spacial score (nSPS) is 12.7. The van der Waals surface area contributed by atoms with Gasteiger partial charge in [0.25, 0.3) is 0 Å². The Kier molecular flexibility index (Phi) is 5.36. The quantitative estimate of drug-likeness (QED) is 0.841. The van der Waals surface area contributed by atoms with E-state index in [1.807, 2.05) is 0 Å². The number of ether oxygens (including phenoxy) is 1. The minimum Gasteiger partial charge on any atom is -0.465 e. The van der Waals surface area contributed by atoms with E-state index in [1.54, 1.807) is 19.9 Å². The number of benzene rings is 2. The van der Waals surface area contributed by atoms with Crippen molar-refractivity contribution < 1.29 is 22.3 Å². The second-order valence-corrected chi connectivity index (χ2v) is 7.05. The summed E-state index contributed by atoms with van der Waals surface area (Å²) in [6.45, 7) is 3.24. The Bertz CT molecular complexity index is 865. The molecule has 0 aliphatic heterocycles. The van der Waals surface area contributed by atoms with Crippen LogP contribution in [-0.2, 0) is 14.8 Å². The van der Waals surface area contributed by atoms with Crippen LogP contribution in [0.25, 0.3) is 0 Å². The third kappa shape index (κ3) is 3.98. The van der Waals surface area contributed by atoms with Crippen molar-refractivity contribution in [3.8, 4) is 0 Å². The second-order valence-electron chi connectivity index (χ2n) is 5.37. The molecule has 2 rings (SSSR count). The summed E-state index contributed by atoms with van der Waals surface area (Å²) in [7, 11) is -2.67. The fourth-order valence-electron chi connectivity index (χ4n) is 2.27. The molecule has 0 saturated heterocycles. The predicted octanol–water partition coefficient (Wildman–Crippen LogP) is 2.96. The van der Waals surface area contributed by atoms with E-state index in [0.29, 0.717) is 11.1 Å². The predicted molar refractivity (Wildman–Crippen MR) is 87.7 cm³/mol. The van der Waals surface area contributed by atoms with Crippen LogP contribution in [0.1, 0.15) is 34.5 Å². The van der Waals surface area contributed by atoms with Gasteiger partial charge >= 0.3 is 5.97 Å². The van der Waals surface area contributed by atoms with Crippen molar-refractivity contribution in [2.75, 3.05) is 7.11 Å². The van der Waals surface area contributed by atoms with Crippen molar-refractivity contribution >= 4 is 16.0 Å². The van der Waals surface area contributed by atoms with Crippen molar-refractivity contribution in [1.82, 2.24) is 4.72 Å². The highest BCUT2D eigenvalue weighted by Crippen LogP contribution is 2.21. The van der Waals surface area contributed by atoms with Crippen LogP contribution in [0.2, 0.25) is 0 Å². The van der Waals surface area contributed by atoms with E-state index >= 15 is 0 Å². The van der Waals surface area contributed by atoms with Gasteiger partial charge in [-0.2, -0.15) is 0 Å². The highest BCUT2D eigenvalue weighted by atomic mass is 32.2. The molecule has 0 saturated carbocycles. The number of carbonyl (C=O) groups is 1. The van der Waals surface area contributed by atoms with Gasteiger partial charge in [0.05, 0.1) is 17.6 Å². The molecule has 1 atom stereocenters. The Morgan fingerprint density at radius 3 is 2.54 bits per heavy atom. The number of methoxy groups -OCH3 is 1. The lowest BCUT2D eigenvalue weighted by Gasteiger charge is -2.16. The molecule has 128 valence electrons. The Balaban J connectivity index is 2.35. The summed E-state index contributed by atoms with van der Waals surface area (Å²) in [6.07, 6.45) is 0. The van der Waals surface area contributed by atoms with Gasteiger partial charge in [-0.3, -0.25) is 0 Å². The van der Waals surface area contributed by atoms with Crippen molar-refractivity contribution in [3.63, 3.8) is 0 Å². The Labute approximate surface area is 140 Å².